The summed E-state index contributed by atoms with van der Waals surface area (Å²) in [7, 11) is -4.30. The Kier molecular flexibility index (Phi) is 3.21. The number of aromatic amines is 1. The fraction of sp³-hybridized carbons (Fsp3) is 0.600. The molecule has 2 aliphatic rings. The zero-order chi connectivity index (χ0) is 15.4. The number of aliphatic hydroxyl groups is 1. The van der Waals surface area contributed by atoms with Gasteiger partial charge < -0.3 is 14.7 Å². The van der Waals surface area contributed by atoms with Gasteiger partial charge in [0.1, 0.15) is 12.2 Å². The number of nitrogens with one attached hydrogen (secondary N) is 1. The van der Waals surface area contributed by atoms with Gasteiger partial charge in [-0.15, -0.1) is 0 Å². The first-order chi connectivity index (χ1) is 9.77. The Bertz CT molecular complexity index is 728. The summed E-state index contributed by atoms with van der Waals surface area (Å²) in [5.41, 5.74) is -2.82. The maximum Gasteiger partial charge on any atom is 0.473 e. The normalized spacial score (nSPS) is 42.1. The van der Waals surface area contributed by atoms with Gasteiger partial charge in [0.15, 0.2) is 11.8 Å². The van der Waals surface area contributed by atoms with Crippen molar-refractivity contribution in [2.45, 2.75) is 31.0 Å². The van der Waals surface area contributed by atoms with Crippen LogP contribution in [0.25, 0.3) is 0 Å². The van der Waals surface area contributed by atoms with E-state index in [9.17, 15) is 24.2 Å². The fourth-order valence-corrected chi connectivity index (χ4v) is 4.02. The quantitative estimate of drug-likeness (QED) is 0.571. The highest BCUT2D eigenvalue weighted by molar-refractivity contribution is 7.47. The first kappa shape index (κ1) is 14.6. The summed E-state index contributed by atoms with van der Waals surface area (Å²) >= 11 is 0. The van der Waals surface area contributed by atoms with Gasteiger partial charge in [-0.3, -0.25) is 23.4 Å². The van der Waals surface area contributed by atoms with Gasteiger partial charge in [0, 0.05) is 12.3 Å². The monoisotopic (exact) mass is 320 g/mol. The maximum atomic E-state index is 11.9. The van der Waals surface area contributed by atoms with Crippen LogP contribution in [0, 0.1) is 0 Å². The molecule has 0 bridgehead atoms. The molecular weight excluding hydrogens is 307 g/mol. The molecular formula is C10H13N2O8P. The molecule has 3 heterocycles. The molecule has 5 atom stereocenters. The molecule has 3 N–H and O–H groups in total. The molecule has 10 nitrogen and oxygen atoms in total. The van der Waals surface area contributed by atoms with Crippen LogP contribution in [0.3, 0.4) is 0 Å². The number of rotatable bonds is 2. The van der Waals surface area contributed by atoms with Crippen molar-refractivity contribution in [1.82, 2.24) is 9.55 Å². The summed E-state index contributed by atoms with van der Waals surface area (Å²) in [5, 5.41) is 9.30. The first-order valence-corrected chi connectivity index (χ1v) is 7.56. The highest BCUT2D eigenvalue weighted by atomic mass is 31.2. The number of hydrogen-bond acceptors (Lipinski definition) is 7. The second-order valence-electron chi connectivity index (χ2n) is 5.00. The molecule has 1 unspecified atom stereocenters. The van der Waals surface area contributed by atoms with Crippen LogP contribution < -0.4 is 11.2 Å². The molecule has 0 spiro atoms. The molecule has 2 saturated heterocycles. The molecule has 0 amide bonds. The predicted octanol–water partition coefficient (Wildman–Crippen LogP) is -1.30. The Hall–Kier alpha value is -1.29. The van der Waals surface area contributed by atoms with E-state index < -0.39 is 49.7 Å². The molecule has 0 radical (unpaired) electrons. The number of hydrogen-bond donors (Lipinski definition) is 3. The summed E-state index contributed by atoms with van der Waals surface area (Å²) in [4.78, 5) is 34.5. The van der Waals surface area contributed by atoms with Crippen molar-refractivity contribution in [3.8, 4) is 0 Å². The Morgan fingerprint density at radius 1 is 1.52 bits per heavy atom. The van der Waals surface area contributed by atoms with Crippen LogP contribution in [0.5, 0.6) is 0 Å². The maximum absolute atomic E-state index is 11.9. The van der Waals surface area contributed by atoms with Gasteiger partial charge >= 0.3 is 13.5 Å². The highest BCUT2D eigenvalue weighted by Gasteiger charge is 2.65. The van der Waals surface area contributed by atoms with Gasteiger partial charge in [-0.2, -0.15) is 0 Å². The first-order valence-electron chi connectivity index (χ1n) is 6.06. The standard InChI is InChI=1S/C10H13N2O8P/c1-10-7(19-21(16,17)20-10)5(4-13)18-8(10)12-3-2-6(14)11-9(12)15/h2-3,5,7-8,13H,4H2,1H3,(H,16,17)(H,11,14,15)/t5-,7-,8-,10-/m1/s1. The van der Waals surface area contributed by atoms with E-state index >= 15 is 0 Å². The fourth-order valence-electron chi connectivity index (χ4n) is 2.66. The van der Waals surface area contributed by atoms with Gasteiger partial charge in [0.05, 0.1) is 6.61 Å². The number of ether oxygens (including phenoxy) is 1. The second-order valence-corrected chi connectivity index (χ2v) is 6.33. The van der Waals surface area contributed by atoms with E-state index in [1.165, 1.54) is 13.1 Å². The third kappa shape index (κ3) is 2.20. The van der Waals surface area contributed by atoms with Crippen molar-refractivity contribution < 1.29 is 28.3 Å². The van der Waals surface area contributed by atoms with E-state index in [1.807, 2.05) is 4.98 Å². The van der Waals surface area contributed by atoms with Crippen LogP contribution in [0.2, 0.25) is 0 Å². The molecule has 3 rings (SSSR count). The van der Waals surface area contributed by atoms with Crippen molar-refractivity contribution in [2.75, 3.05) is 6.61 Å². The van der Waals surface area contributed by atoms with E-state index in [0.717, 1.165) is 10.6 Å². The molecule has 1 aromatic rings. The Morgan fingerprint density at radius 3 is 2.86 bits per heavy atom. The van der Waals surface area contributed by atoms with Gasteiger partial charge in [0.25, 0.3) is 5.56 Å². The molecule has 0 aromatic carbocycles. The smallest absolute Gasteiger partial charge is 0.394 e. The van der Waals surface area contributed by atoms with Crippen LogP contribution in [0.4, 0.5) is 0 Å². The Morgan fingerprint density at radius 2 is 2.24 bits per heavy atom. The lowest BCUT2D eigenvalue weighted by atomic mass is 9.96. The lowest BCUT2D eigenvalue weighted by Gasteiger charge is -2.27. The summed E-state index contributed by atoms with van der Waals surface area (Å²) in [6.45, 7) is 0.948. The lowest BCUT2D eigenvalue weighted by Crippen LogP contribution is -2.45. The lowest BCUT2D eigenvalue weighted by molar-refractivity contribution is -0.0827. The SMILES string of the molecule is C[C@@]12OP(=O)(O)O[C@@H]1[C@@H](CO)O[C@H]2n1ccc(=O)[nH]c1=O. The summed E-state index contributed by atoms with van der Waals surface area (Å²) < 4.78 is 28.1. The molecule has 2 aliphatic heterocycles. The van der Waals surface area contributed by atoms with Gasteiger partial charge in [0.2, 0.25) is 0 Å². The molecule has 11 heteroatoms. The van der Waals surface area contributed by atoms with Crippen molar-refractivity contribution in [3.05, 3.63) is 33.1 Å². The molecule has 21 heavy (non-hydrogen) atoms. The summed E-state index contributed by atoms with van der Waals surface area (Å²) in [6, 6.07) is 1.10. The summed E-state index contributed by atoms with van der Waals surface area (Å²) in [6.07, 6.45) is -1.92. The molecule has 0 aliphatic carbocycles. The predicted molar refractivity (Wildman–Crippen MR) is 66.5 cm³/mol. The Labute approximate surface area is 117 Å². The molecule has 116 valence electrons. The van der Waals surface area contributed by atoms with E-state index in [0.29, 0.717) is 0 Å². The largest absolute Gasteiger partial charge is 0.473 e. The number of aliphatic hydroxyl groups excluding tert-OH is 1. The second kappa shape index (κ2) is 4.60. The van der Waals surface area contributed by atoms with Crippen LogP contribution in [-0.4, -0.2) is 44.0 Å². The van der Waals surface area contributed by atoms with E-state index in [2.05, 4.69) is 0 Å². The number of H-pyrrole nitrogens is 1. The highest BCUT2D eigenvalue weighted by Crippen LogP contribution is 2.63. The van der Waals surface area contributed by atoms with Crippen molar-refractivity contribution in [3.63, 3.8) is 0 Å². The van der Waals surface area contributed by atoms with Crippen LogP contribution >= 0.6 is 7.82 Å². The number of nitrogens with zero attached hydrogens (tertiary/aromatic N) is 1. The van der Waals surface area contributed by atoms with Gasteiger partial charge in [-0.05, 0) is 6.92 Å². The molecule has 1 aromatic heterocycles. The number of phosphoric acid groups is 1. The van der Waals surface area contributed by atoms with Crippen molar-refractivity contribution >= 4 is 7.82 Å². The van der Waals surface area contributed by atoms with E-state index in [4.69, 9.17) is 13.8 Å². The van der Waals surface area contributed by atoms with E-state index in [-0.39, 0.29) is 0 Å². The Balaban J connectivity index is 2.09. The van der Waals surface area contributed by atoms with Crippen LogP contribution in [-0.2, 0) is 18.3 Å². The minimum absolute atomic E-state index is 0.488. The van der Waals surface area contributed by atoms with Crippen molar-refractivity contribution in [1.29, 1.82) is 0 Å². The third-order valence-corrected chi connectivity index (χ3v) is 4.66. The van der Waals surface area contributed by atoms with Crippen LogP contribution in [0.15, 0.2) is 21.9 Å². The van der Waals surface area contributed by atoms with Crippen molar-refractivity contribution in [2.24, 2.45) is 0 Å². The molecule has 2 fully saturated rings. The van der Waals surface area contributed by atoms with E-state index in [1.54, 1.807) is 0 Å². The van der Waals surface area contributed by atoms with Crippen LogP contribution in [0.1, 0.15) is 13.2 Å². The minimum atomic E-state index is -4.30. The zero-order valence-corrected chi connectivity index (χ0v) is 11.7. The number of fused-ring (bicyclic) bond motifs is 1. The zero-order valence-electron chi connectivity index (χ0n) is 10.8. The minimum Gasteiger partial charge on any atom is -0.394 e. The van der Waals surface area contributed by atoms with Gasteiger partial charge in [-0.1, -0.05) is 0 Å². The topological polar surface area (TPSA) is 140 Å². The average Bonchev–Trinajstić information content (AvgIpc) is 2.76. The molecule has 0 saturated carbocycles. The number of phosphoric ester groups is 1. The number of aromatic nitrogens is 2. The summed E-state index contributed by atoms with van der Waals surface area (Å²) in [5.74, 6) is 0. The van der Waals surface area contributed by atoms with Gasteiger partial charge in [-0.25, -0.2) is 9.36 Å². The average molecular weight is 320 g/mol. The third-order valence-electron chi connectivity index (χ3n) is 3.54.